The number of amides is 1. The Morgan fingerprint density at radius 1 is 1.32 bits per heavy atom. The molecule has 136 valence electrons. The molecule has 1 aromatic heterocycles. The number of hydrogen-bond donors (Lipinski definition) is 2. The van der Waals surface area contributed by atoms with Crippen molar-refractivity contribution in [3.63, 3.8) is 0 Å². The van der Waals surface area contributed by atoms with Gasteiger partial charge in [0.05, 0.1) is 17.9 Å². The molecule has 1 aromatic carbocycles. The van der Waals surface area contributed by atoms with Gasteiger partial charge in [0.15, 0.2) is 5.69 Å². The van der Waals surface area contributed by atoms with E-state index in [-0.39, 0.29) is 18.3 Å². The van der Waals surface area contributed by atoms with Gasteiger partial charge >= 0.3 is 0 Å². The van der Waals surface area contributed by atoms with Crippen molar-refractivity contribution in [1.82, 2.24) is 20.3 Å². The zero-order chi connectivity index (χ0) is 16.9. The first kappa shape index (κ1) is 19.8. The van der Waals surface area contributed by atoms with Crippen LogP contribution in [-0.2, 0) is 0 Å². The summed E-state index contributed by atoms with van der Waals surface area (Å²) in [6, 6.07) is 8.16. The normalized spacial score (nSPS) is 15.0. The minimum Gasteiger partial charge on any atom is -0.320 e. The lowest BCUT2D eigenvalue weighted by Crippen LogP contribution is -2.29. The van der Waals surface area contributed by atoms with Gasteiger partial charge in [-0.15, -0.1) is 29.3 Å². The maximum Gasteiger partial charge on any atom is 0.277 e. The summed E-state index contributed by atoms with van der Waals surface area (Å²) in [7, 11) is 0. The van der Waals surface area contributed by atoms with E-state index in [1.807, 2.05) is 28.9 Å². The molecule has 1 amide bonds. The van der Waals surface area contributed by atoms with Crippen molar-refractivity contribution < 1.29 is 4.79 Å². The summed E-state index contributed by atoms with van der Waals surface area (Å²) in [5.74, 6) is -0.216. The van der Waals surface area contributed by atoms with E-state index in [1.54, 1.807) is 18.0 Å². The van der Waals surface area contributed by atoms with Crippen LogP contribution in [0.3, 0.4) is 0 Å². The third-order valence-corrected chi connectivity index (χ3v) is 5.00. The van der Waals surface area contributed by atoms with Crippen LogP contribution >= 0.6 is 24.2 Å². The second kappa shape index (κ2) is 9.22. The summed E-state index contributed by atoms with van der Waals surface area (Å²) in [6.07, 6.45) is 3.78. The number of carbonyl (C=O) groups excluding carboxylic acids is 1. The molecular formula is C17H24ClN5OS. The Balaban J connectivity index is 0.00000225. The molecule has 0 radical (unpaired) electrons. The number of nitrogens with one attached hydrogen (secondary N) is 2. The maximum absolute atomic E-state index is 12.5. The van der Waals surface area contributed by atoms with Gasteiger partial charge in [-0.3, -0.25) is 4.79 Å². The summed E-state index contributed by atoms with van der Waals surface area (Å²) in [5.41, 5.74) is 1.18. The van der Waals surface area contributed by atoms with E-state index in [1.165, 1.54) is 0 Å². The highest BCUT2D eigenvalue weighted by atomic mass is 35.5. The molecule has 8 heteroatoms. The number of thioether (sulfide) groups is 1. The molecule has 3 rings (SSSR count). The van der Waals surface area contributed by atoms with Gasteiger partial charge in [0, 0.05) is 10.1 Å². The van der Waals surface area contributed by atoms with Gasteiger partial charge in [0.1, 0.15) is 0 Å². The van der Waals surface area contributed by atoms with Gasteiger partial charge in [-0.1, -0.05) is 31.2 Å². The summed E-state index contributed by atoms with van der Waals surface area (Å²) in [6.45, 7) is 6.22. The molecule has 2 aromatic rings. The van der Waals surface area contributed by atoms with Crippen molar-refractivity contribution >= 4 is 35.8 Å². The smallest absolute Gasteiger partial charge is 0.277 e. The fourth-order valence-corrected chi connectivity index (χ4v) is 3.65. The van der Waals surface area contributed by atoms with Crippen molar-refractivity contribution in [3.8, 4) is 0 Å². The molecule has 1 aliphatic heterocycles. The van der Waals surface area contributed by atoms with E-state index in [9.17, 15) is 4.79 Å². The average molecular weight is 382 g/mol. The molecule has 1 fully saturated rings. The first-order chi connectivity index (χ1) is 11.6. The highest BCUT2D eigenvalue weighted by molar-refractivity contribution is 8.00. The second-order valence-corrected chi connectivity index (χ2v) is 7.80. The van der Waals surface area contributed by atoms with Crippen LogP contribution in [-0.4, -0.2) is 39.2 Å². The minimum atomic E-state index is -0.216. The van der Waals surface area contributed by atoms with Crippen LogP contribution in [0.25, 0.3) is 0 Å². The van der Waals surface area contributed by atoms with Gasteiger partial charge in [-0.25, -0.2) is 4.68 Å². The minimum absolute atomic E-state index is 0. The Kier molecular flexibility index (Phi) is 7.28. The Morgan fingerprint density at radius 2 is 2.04 bits per heavy atom. The number of piperidine rings is 1. The van der Waals surface area contributed by atoms with Crippen LogP contribution in [0.15, 0.2) is 35.4 Å². The lowest BCUT2D eigenvalue weighted by Gasteiger charge is -2.22. The Labute approximate surface area is 158 Å². The summed E-state index contributed by atoms with van der Waals surface area (Å²) in [4.78, 5) is 13.6. The van der Waals surface area contributed by atoms with Gasteiger partial charge in [-0.05, 0) is 38.1 Å². The number of benzene rings is 1. The van der Waals surface area contributed by atoms with Gasteiger partial charge in [0.25, 0.3) is 5.91 Å². The molecule has 25 heavy (non-hydrogen) atoms. The van der Waals surface area contributed by atoms with Crippen LogP contribution in [0, 0.1) is 0 Å². The van der Waals surface area contributed by atoms with E-state index in [4.69, 9.17) is 0 Å². The third kappa shape index (κ3) is 5.20. The third-order valence-electron chi connectivity index (χ3n) is 3.92. The first-order valence-corrected chi connectivity index (χ1v) is 9.21. The molecule has 2 heterocycles. The lowest BCUT2D eigenvalue weighted by molar-refractivity contribution is 0.102. The summed E-state index contributed by atoms with van der Waals surface area (Å²) in [5, 5.41) is 14.9. The predicted octanol–water partition coefficient (Wildman–Crippen LogP) is 3.38. The molecule has 0 saturated carbocycles. The van der Waals surface area contributed by atoms with Crippen LogP contribution in [0.2, 0.25) is 0 Å². The topological polar surface area (TPSA) is 71.8 Å². The lowest BCUT2D eigenvalue weighted by atomic mass is 10.1. The quantitative estimate of drug-likeness (QED) is 0.777. The fourth-order valence-electron chi connectivity index (χ4n) is 2.74. The molecule has 0 unspecified atom stereocenters. The summed E-state index contributed by atoms with van der Waals surface area (Å²) >= 11 is 1.73. The standard InChI is InChI=1S/C17H23N5OS.ClH/c1-12(2)24-16-6-4-3-5-14(16)19-17(23)15-11-22(21-20-15)13-7-9-18-10-8-13;/h3-6,11-13,18H,7-10H2,1-2H3,(H,19,23);1H. The monoisotopic (exact) mass is 381 g/mol. The molecule has 0 aliphatic carbocycles. The van der Waals surface area contributed by atoms with Crippen molar-refractivity contribution in [3.05, 3.63) is 36.2 Å². The van der Waals surface area contributed by atoms with Crippen molar-refractivity contribution in [2.45, 2.75) is 42.9 Å². The van der Waals surface area contributed by atoms with Crippen molar-refractivity contribution in [1.29, 1.82) is 0 Å². The van der Waals surface area contributed by atoms with Crippen LogP contribution in [0.1, 0.15) is 43.2 Å². The maximum atomic E-state index is 12.5. The molecular weight excluding hydrogens is 358 g/mol. The number of anilines is 1. The number of aromatic nitrogens is 3. The van der Waals surface area contributed by atoms with Gasteiger partial charge in [-0.2, -0.15) is 0 Å². The van der Waals surface area contributed by atoms with E-state index in [2.05, 4.69) is 34.8 Å². The Hall–Kier alpha value is -1.57. The number of halogens is 1. The fraction of sp³-hybridized carbons (Fsp3) is 0.471. The number of nitrogens with zero attached hydrogens (tertiary/aromatic N) is 3. The Morgan fingerprint density at radius 3 is 2.76 bits per heavy atom. The molecule has 1 saturated heterocycles. The number of para-hydroxylation sites is 1. The predicted molar refractivity (Wildman–Crippen MR) is 104 cm³/mol. The largest absolute Gasteiger partial charge is 0.320 e. The molecule has 0 atom stereocenters. The summed E-state index contributed by atoms with van der Waals surface area (Å²) < 4.78 is 1.82. The van der Waals surface area contributed by atoms with Crippen LogP contribution in [0.4, 0.5) is 5.69 Å². The van der Waals surface area contributed by atoms with Crippen LogP contribution in [0.5, 0.6) is 0 Å². The first-order valence-electron chi connectivity index (χ1n) is 8.33. The SMILES string of the molecule is CC(C)Sc1ccccc1NC(=O)c1cn(C2CCNCC2)nn1.Cl. The number of rotatable bonds is 5. The van der Waals surface area contributed by atoms with Crippen molar-refractivity contribution in [2.24, 2.45) is 0 Å². The molecule has 2 N–H and O–H groups in total. The second-order valence-electron chi connectivity index (χ2n) is 6.18. The molecule has 6 nitrogen and oxygen atoms in total. The van der Waals surface area contributed by atoms with Gasteiger partial charge in [0.2, 0.25) is 0 Å². The zero-order valence-corrected chi connectivity index (χ0v) is 16.1. The zero-order valence-electron chi connectivity index (χ0n) is 14.4. The Bertz CT molecular complexity index is 700. The van der Waals surface area contributed by atoms with E-state index in [0.717, 1.165) is 36.5 Å². The highest BCUT2D eigenvalue weighted by Crippen LogP contribution is 2.30. The van der Waals surface area contributed by atoms with Crippen molar-refractivity contribution in [2.75, 3.05) is 18.4 Å². The molecule has 1 aliphatic rings. The van der Waals surface area contributed by atoms with E-state index < -0.39 is 0 Å². The molecule has 0 bridgehead atoms. The average Bonchev–Trinajstić information content (AvgIpc) is 3.07. The highest BCUT2D eigenvalue weighted by Gasteiger charge is 2.19. The molecule has 0 spiro atoms. The number of carbonyl (C=O) groups is 1. The van der Waals surface area contributed by atoms with Crippen LogP contribution < -0.4 is 10.6 Å². The van der Waals surface area contributed by atoms with Gasteiger partial charge < -0.3 is 10.6 Å². The van der Waals surface area contributed by atoms with E-state index >= 15 is 0 Å². The number of hydrogen-bond acceptors (Lipinski definition) is 5. The van der Waals surface area contributed by atoms with E-state index in [0.29, 0.717) is 17.0 Å².